The molecule has 1 aromatic carbocycles. The van der Waals surface area contributed by atoms with Crippen molar-refractivity contribution in [3.05, 3.63) is 36.8 Å². The summed E-state index contributed by atoms with van der Waals surface area (Å²) in [6.45, 7) is 0. The summed E-state index contributed by atoms with van der Waals surface area (Å²) >= 11 is 14.8. The van der Waals surface area contributed by atoms with Gasteiger partial charge in [0.15, 0.2) is 0 Å². The summed E-state index contributed by atoms with van der Waals surface area (Å²) in [4.78, 5) is 0. The van der Waals surface area contributed by atoms with Crippen LogP contribution in [-0.2, 0) is 0 Å². The molecule has 0 aliphatic rings. The van der Waals surface area contributed by atoms with E-state index in [0.29, 0.717) is 0 Å². The topological polar surface area (TPSA) is 0 Å². The van der Waals surface area contributed by atoms with Gasteiger partial charge in [0.25, 0.3) is 0 Å². The molecule has 64 valence electrons. The minimum absolute atomic E-state index is 0.739. The second-order valence-electron chi connectivity index (χ2n) is 2.08. The van der Waals surface area contributed by atoms with Gasteiger partial charge in [0.2, 0.25) is 0 Å². The normalized spacial score (nSPS) is 12.7. The van der Waals surface area contributed by atoms with Crippen molar-refractivity contribution in [2.75, 3.05) is 0 Å². The Morgan fingerprint density at radius 2 is 1.75 bits per heavy atom. The van der Waals surface area contributed by atoms with E-state index in [-0.39, 0.29) is 0 Å². The highest BCUT2D eigenvalue weighted by atomic mass is 127. The Labute approximate surface area is 107 Å². The molecule has 4 heteroatoms. The van der Waals surface area contributed by atoms with Gasteiger partial charge in [0, 0.05) is 4.47 Å². The molecule has 1 rings (SSSR count). The molecule has 12 heavy (non-hydrogen) atoms. The molecule has 0 fully saturated rings. The van der Waals surface area contributed by atoms with Crippen molar-refractivity contribution in [3.63, 3.8) is 0 Å². The maximum atomic E-state index is 6.00. The number of benzene rings is 1. The van der Waals surface area contributed by atoms with Crippen molar-refractivity contribution in [2.24, 2.45) is 0 Å². The van der Waals surface area contributed by atoms with Crippen LogP contribution in [0.1, 0.15) is 5.56 Å². The Balaban J connectivity index is 3.06. The monoisotopic (exact) mass is 420 g/mol. The van der Waals surface area contributed by atoms with Crippen molar-refractivity contribution >= 4 is 71.1 Å². The van der Waals surface area contributed by atoms with Crippen LogP contribution in [0.4, 0.5) is 0 Å². The third-order valence-electron chi connectivity index (χ3n) is 1.26. The maximum Gasteiger partial charge on any atom is 0.0751 e. The maximum absolute atomic E-state index is 6.00. The first-order valence-corrected chi connectivity index (χ1v) is 6.12. The molecule has 0 saturated heterocycles. The van der Waals surface area contributed by atoms with E-state index in [9.17, 15) is 0 Å². The molecule has 0 nitrogen and oxygen atoms in total. The van der Waals surface area contributed by atoms with Gasteiger partial charge in [-0.3, -0.25) is 0 Å². The molecule has 0 saturated carbocycles. The van der Waals surface area contributed by atoms with Crippen LogP contribution in [0.5, 0.6) is 0 Å². The molecule has 0 unspecified atom stereocenters. The van der Waals surface area contributed by atoms with Gasteiger partial charge in [-0.1, -0.05) is 39.7 Å². The fourth-order valence-electron chi connectivity index (χ4n) is 0.705. The lowest BCUT2D eigenvalue weighted by Gasteiger charge is -1.99. The molecule has 0 amide bonds. The molecule has 0 bridgehead atoms. The van der Waals surface area contributed by atoms with Crippen molar-refractivity contribution in [3.8, 4) is 0 Å². The Bertz CT molecular complexity index is 301. The predicted molar refractivity (Wildman–Crippen MR) is 69.9 cm³/mol. The largest absolute Gasteiger partial charge is 0.0819 e. The smallest absolute Gasteiger partial charge is 0.0751 e. The van der Waals surface area contributed by atoms with Gasteiger partial charge in [-0.25, -0.2) is 0 Å². The van der Waals surface area contributed by atoms with E-state index in [1.54, 1.807) is 0 Å². The van der Waals surface area contributed by atoms with E-state index >= 15 is 0 Å². The zero-order valence-corrected chi connectivity index (χ0v) is 11.9. The first kappa shape index (κ1) is 11.0. The first-order valence-electron chi connectivity index (χ1n) is 3.08. The Morgan fingerprint density at radius 3 is 2.17 bits per heavy atom. The summed E-state index contributed by atoms with van der Waals surface area (Å²) < 4.78 is 1.98. The average molecular weight is 422 g/mol. The van der Waals surface area contributed by atoms with Crippen LogP contribution in [0.15, 0.2) is 31.2 Å². The lowest BCUT2D eigenvalue weighted by molar-refractivity contribution is 1.61. The molecule has 1 aromatic rings. The van der Waals surface area contributed by atoms with E-state index in [1.807, 2.05) is 24.3 Å². The number of hydrogen-bond donors (Lipinski definition) is 0. The fourth-order valence-corrected chi connectivity index (χ4v) is 1.64. The highest BCUT2D eigenvalue weighted by molar-refractivity contribution is 14.1. The highest BCUT2D eigenvalue weighted by Crippen LogP contribution is 2.31. The van der Waals surface area contributed by atoms with Gasteiger partial charge in [-0.05, 0) is 56.2 Å². The van der Waals surface area contributed by atoms with E-state index in [1.165, 1.54) is 0 Å². The molecule has 0 aromatic heterocycles. The zero-order valence-electron chi connectivity index (χ0n) is 5.82. The molecule has 0 atom stereocenters. The second-order valence-corrected chi connectivity index (χ2v) is 6.73. The average Bonchev–Trinajstić information content (AvgIpc) is 2.04. The molecule has 0 aliphatic carbocycles. The number of halogens is 4. The van der Waals surface area contributed by atoms with E-state index in [0.717, 1.165) is 17.6 Å². The van der Waals surface area contributed by atoms with E-state index in [2.05, 4.69) is 54.5 Å². The standard InChI is InChI=1S/C8H4Br2ClI/c9-6-3-1-5(2-4-6)7(11)8(10)12/h1-4H/b8-7+. The summed E-state index contributed by atoms with van der Waals surface area (Å²) in [6.07, 6.45) is 0. The van der Waals surface area contributed by atoms with Gasteiger partial charge in [-0.15, -0.1) is 0 Å². The van der Waals surface area contributed by atoms with Crippen LogP contribution in [-0.4, -0.2) is 0 Å². The van der Waals surface area contributed by atoms with Crippen molar-refractivity contribution < 1.29 is 0 Å². The van der Waals surface area contributed by atoms with Gasteiger partial charge < -0.3 is 0 Å². The Morgan fingerprint density at radius 1 is 1.25 bits per heavy atom. The lowest BCUT2D eigenvalue weighted by Crippen LogP contribution is -1.75. The van der Waals surface area contributed by atoms with Gasteiger partial charge in [0.1, 0.15) is 0 Å². The third-order valence-corrected chi connectivity index (χ3v) is 3.68. The minimum atomic E-state index is 0.739. The molecule has 0 aliphatic heterocycles. The Kier molecular flexibility index (Phi) is 4.57. The van der Waals surface area contributed by atoms with E-state index in [4.69, 9.17) is 11.6 Å². The predicted octanol–water partition coefficient (Wildman–Crippen LogP) is 5.14. The van der Waals surface area contributed by atoms with E-state index < -0.39 is 0 Å². The molecule has 0 N–H and O–H groups in total. The van der Waals surface area contributed by atoms with Crippen molar-refractivity contribution in [1.82, 2.24) is 0 Å². The molecule has 0 spiro atoms. The third kappa shape index (κ3) is 3.01. The quantitative estimate of drug-likeness (QED) is 0.550. The molecular formula is C8H4Br2ClI. The number of rotatable bonds is 1. The van der Waals surface area contributed by atoms with Crippen LogP contribution in [0.3, 0.4) is 0 Å². The fraction of sp³-hybridized carbons (Fsp3) is 0. The summed E-state index contributed by atoms with van der Waals surface area (Å²) in [5.41, 5.74) is 1.01. The Hall–Kier alpha value is 0.940. The molecule has 0 radical (unpaired) electrons. The van der Waals surface area contributed by atoms with Crippen LogP contribution in [0.25, 0.3) is 5.03 Å². The second kappa shape index (κ2) is 4.98. The van der Waals surface area contributed by atoms with Crippen LogP contribution in [0.2, 0.25) is 0 Å². The van der Waals surface area contributed by atoms with Gasteiger partial charge >= 0.3 is 0 Å². The summed E-state index contributed by atoms with van der Waals surface area (Å²) in [7, 11) is 0. The minimum Gasteiger partial charge on any atom is -0.0819 e. The molecular weight excluding hydrogens is 418 g/mol. The summed E-state index contributed by atoms with van der Waals surface area (Å²) in [5, 5.41) is 0.739. The summed E-state index contributed by atoms with van der Waals surface area (Å²) in [6, 6.07) is 7.85. The van der Waals surface area contributed by atoms with Crippen molar-refractivity contribution in [2.45, 2.75) is 0 Å². The molecule has 0 heterocycles. The van der Waals surface area contributed by atoms with Gasteiger partial charge in [-0.2, -0.15) is 0 Å². The summed E-state index contributed by atoms with van der Waals surface area (Å²) in [5.74, 6) is 0. The van der Waals surface area contributed by atoms with Gasteiger partial charge in [0.05, 0.1) is 7.52 Å². The highest BCUT2D eigenvalue weighted by Gasteiger charge is 2.00. The van der Waals surface area contributed by atoms with Crippen LogP contribution >= 0.6 is 66.1 Å². The van der Waals surface area contributed by atoms with Crippen LogP contribution in [0, 0.1) is 0 Å². The lowest BCUT2D eigenvalue weighted by atomic mass is 10.2. The number of hydrogen-bond acceptors (Lipinski definition) is 0. The SMILES string of the molecule is Cl/C(=C(\Br)I)c1ccc(Br)cc1. The zero-order chi connectivity index (χ0) is 9.14. The first-order chi connectivity index (χ1) is 5.61. The van der Waals surface area contributed by atoms with Crippen LogP contribution < -0.4 is 0 Å². The van der Waals surface area contributed by atoms with Crippen molar-refractivity contribution in [1.29, 1.82) is 0 Å².